The van der Waals surface area contributed by atoms with Crippen molar-refractivity contribution in [3.63, 3.8) is 0 Å². The van der Waals surface area contributed by atoms with Gasteiger partial charge in [0.2, 0.25) is 9.76 Å². The number of ether oxygens (including phenoxy) is 1. The van der Waals surface area contributed by atoms with E-state index in [1.54, 1.807) is 0 Å². The van der Waals surface area contributed by atoms with Crippen molar-refractivity contribution in [1.29, 1.82) is 0 Å². The van der Waals surface area contributed by atoms with E-state index in [1.165, 1.54) is 20.0 Å². The van der Waals surface area contributed by atoms with Crippen LogP contribution < -0.4 is 0 Å². The molecule has 0 fully saturated rings. The van der Waals surface area contributed by atoms with Crippen LogP contribution in [-0.4, -0.2) is 28.9 Å². The molecule has 1 unspecified atom stereocenters. The molecule has 0 spiro atoms. The Balaban J connectivity index is 4.02. The number of carbonyl (C=O) groups is 1. The molecule has 0 aliphatic heterocycles. The first-order chi connectivity index (χ1) is 7.90. The Morgan fingerprint density at radius 1 is 1.24 bits per heavy atom. The molecule has 0 aliphatic rings. The summed E-state index contributed by atoms with van der Waals surface area (Å²) in [5.41, 5.74) is 0. The number of esters is 1. The number of hydrogen-bond acceptors (Lipinski definition) is 3. The summed E-state index contributed by atoms with van der Waals surface area (Å²) in [5.74, 6) is -0.238. The number of carbonyl (C=O) groups excluding carboxylic acids is 1. The zero-order chi connectivity index (χ0) is 13.3. The maximum absolute atomic E-state index is 11.5. The van der Waals surface area contributed by atoms with Crippen LogP contribution in [0.5, 0.6) is 0 Å². The maximum Gasteiger partial charge on any atom is 0.333 e. The molecule has 0 aromatic rings. The Kier molecular flexibility index (Phi) is 8.52. The predicted octanol–water partition coefficient (Wildman–Crippen LogP) is 3.35. The predicted molar refractivity (Wildman–Crippen MR) is 71.1 cm³/mol. The zero-order valence-corrected chi connectivity index (χ0v) is 12.8. The van der Waals surface area contributed by atoms with Crippen molar-refractivity contribution in [2.45, 2.75) is 70.9 Å². The van der Waals surface area contributed by atoms with Gasteiger partial charge in [-0.2, -0.15) is 0 Å². The van der Waals surface area contributed by atoms with Crippen LogP contribution in [0.1, 0.15) is 59.8 Å². The van der Waals surface area contributed by atoms with Crippen molar-refractivity contribution in [2.75, 3.05) is 7.11 Å². The van der Waals surface area contributed by atoms with Crippen LogP contribution in [0, 0.1) is 0 Å². The summed E-state index contributed by atoms with van der Waals surface area (Å²) in [4.78, 5) is 11.5. The van der Waals surface area contributed by atoms with Crippen molar-refractivity contribution in [3.05, 3.63) is 0 Å². The van der Waals surface area contributed by atoms with E-state index < -0.39 is 0 Å². The molecule has 3 nitrogen and oxygen atoms in total. The normalized spacial score (nSPS) is 13.5. The van der Waals surface area contributed by atoms with Gasteiger partial charge in [0.25, 0.3) is 0 Å². The Morgan fingerprint density at radius 3 is 2.35 bits per heavy atom. The van der Waals surface area contributed by atoms with Gasteiger partial charge < -0.3 is 9.16 Å². The second kappa shape index (κ2) is 8.70. The molecule has 0 N–H and O–H groups in total. The smallest absolute Gasteiger partial charge is 0.333 e. The van der Waals surface area contributed by atoms with Crippen LogP contribution in [0.25, 0.3) is 0 Å². The van der Waals surface area contributed by atoms with Gasteiger partial charge in [-0.15, -0.1) is 0 Å². The molecule has 4 heteroatoms. The molecule has 0 aromatic carbocycles. The van der Waals surface area contributed by atoms with Gasteiger partial charge in [0.1, 0.15) is 6.10 Å². The van der Waals surface area contributed by atoms with Crippen LogP contribution in [-0.2, 0) is 14.0 Å². The molecule has 0 saturated carbocycles. The van der Waals surface area contributed by atoms with Gasteiger partial charge >= 0.3 is 5.97 Å². The van der Waals surface area contributed by atoms with Crippen LogP contribution in [0.2, 0.25) is 5.04 Å². The minimum Gasteiger partial charge on any atom is -0.467 e. The fourth-order valence-electron chi connectivity index (χ4n) is 1.36. The second-order valence-electron chi connectivity index (χ2n) is 5.33. The molecular formula is C13H26O3Si. The highest BCUT2D eigenvalue weighted by Gasteiger charge is 2.23. The summed E-state index contributed by atoms with van der Waals surface area (Å²) in [6.07, 6.45) is 5.00. The van der Waals surface area contributed by atoms with Crippen LogP contribution in [0.15, 0.2) is 0 Å². The van der Waals surface area contributed by atoms with E-state index in [0.717, 1.165) is 19.3 Å². The first-order valence-corrected chi connectivity index (χ1v) is 7.32. The van der Waals surface area contributed by atoms with Crippen molar-refractivity contribution in [2.24, 2.45) is 0 Å². The molecule has 0 heterocycles. The third kappa shape index (κ3) is 9.36. The molecule has 1 atom stereocenters. The van der Waals surface area contributed by atoms with Crippen LogP contribution in [0.4, 0.5) is 0 Å². The summed E-state index contributed by atoms with van der Waals surface area (Å²) in [7, 11) is 1.75. The van der Waals surface area contributed by atoms with Gasteiger partial charge in [0.05, 0.1) is 7.11 Å². The molecule has 2 radical (unpaired) electrons. The molecule has 0 saturated heterocycles. The second-order valence-corrected chi connectivity index (χ2v) is 7.27. The Hall–Kier alpha value is -0.353. The summed E-state index contributed by atoms with van der Waals surface area (Å²) in [6, 6.07) is 0. The average molecular weight is 258 g/mol. The lowest BCUT2D eigenvalue weighted by Crippen LogP contribution is -2.29. The van der Waals surface area contributed by atoms with E-state index in [-0.39, 0.29) is 17.1 Å². The van der Waals surface area contributed by atoms with Gasteiger partial charge in [-0.05, 0) is 11.5 Å². The van der Waals surface area contributed by atoms with Crippen molar-refractivity contribution >= 4 is 15.7 Å². The van der Waals surface area contributed by atoms with Crippen molar-refractivity contribution in [1.82, 2.24) is 0 Å². The van der Waals surface area contributed by atoms with Gasteiger partial charge in [-0.25, -0.2) is 4.79 Å². The number of methoxy groups -OCH3 is 1. The van der Waals surface area contributed by atoms with E-state index in [1.807, 2.05) is 0 Å². The van der Waals surface area contributed by atoms with E-state index >= 15 is 0 Å². The summed E-state index contributed by atoms with van der Waals surface area (Å²) in [6.45, 7) is 8.50. The van der Waals surface area contributed by atoms with Crippen molar-refractivity contribution in [3.8, 4) is 0 Å². The lowest BCUT2D eigenvalue weighted by molar-refractivity contribution is -0.149. The molecule has 17 heavy (non-hydrogen) atoms. The number of unbranched alkanes of at least 4 members (excludes halogenated alkanes) is 3. The monoisotopic (exact) mass is 258 g/mol. The molecule has 0 aromatic heterocycles. The van der Waals surface area contributed by atoms with Gasteiger partial charge in [-0.3, -0.25) is 0 Å². The molecule has 100 valence electrons. The Morgan fingerprint density at radius 2 is 1.88 bits per heavy atom. The highest BCUT2D eigenvalue weighted by molar-refractivity contribution is 6.32. The summed E-state index contributed by atoms with van der Waals surface area (Å²) >= 11 is 0. The fraction of sp³-hybridized carbons (Fsp3) is 0.923. The first kappa shape index (κ1) is 16.6. The molecule has 0 rings (SSSR count). The van der Waals surface area contributed by atoms with E-state index in [2.05, 4.69) is 27.7 Å². The summed E-state index contributed by atoms with van der Waals surface area (Å²) < 4.78 is 10.5. The summed E-state index contributed by atoms with van der Waals surface area (Å²) in [5, 5.41) is 0.107. The molecule has 0 bridgehead atoms. The van der Waals surface area contributed by atoms with Crippen LogP contribution in [0.3, 0.4) is 0 Å². The number of rotatable bonds is 8. The third-order valence-corrected chi connectivity index (χ3v) is 3.31. The van der Waals surface area contributed by atoms with E-state index in [9.17, 15) is 4.79 Å². The topological polar surface area (TPSA) is 35.5 Å². The average Bonchev–Trinajstić information content (AvgIpc) is 2.26. The van der Waals surface area contributed by atoms with Gasteiger partial charge in [0.15, 0.2) is 0 Å². The Bertz CT molecular complexity index is 211. The highest BCUT2D eigenvalue weighted by atomic mass is 28.2. The molecular weight excluding hydrogens is 232 g/mol. The minimum atomic E-state index is -0.380. The zero-order valence-electron chi connectivity index (χ0n) is 11.8. The molecule has 0 amide bonds. The van der Waals surface area contributed by atoms with Gasteiger partial charge in [-0.1, -0.05) is 53.4 Å². The Labute approximate surface area is 108 Å². The lowest BCUT2D eigenvalue weighted by Gasteiger charge is -2.21. The minimum absolute atomic E-state index is 0.107. The quantitative estimate of drug-likeness (QED) is 0.380. The number of hydrogen-bond donors (Lipinski definition) is 0. The van der Waals surface area contributed by atoms with Gasteiger partial charge in [0, 0.05) is 0 Å². The largest absolute Gasteiger partial charge is 0.467 e. The SMILES string of the molecule is CCCCCCC(O[Si]C(C)(C)C)C(=O)OC. The van der Waals surface area contributed by atoms with E-state index in [0.29, 0.717) is 9.76 Å². The fourth-order valence-corrected chi connectivity index (χ4v) is 2.07. The highest BCUT2D eigenvalue weighted by Crippen LogP contribution is 2.22. The molecule has 0 aliphatic carbocycles. The first-order valence-electron chi connectivity index (χ1n) is 6.41. The van der Waals surface area contributed by atoms with Crippen molar-refractivity contribution < 1.29 is 14.0 Å². The standard InChI is InChI=1S/C13H26O3Si/c1-6-7-8-9-10-11(12(14)15-5)16-17-13(2,3)4/h11H,6-10H2,1-5H3. The van der Waals surface area contributed by atoms with Crippen LogP contribution >= 0.6 is 0 Å². The third-order valence-electron chi connectivity index (χ3n) is 2.29. The maximum atomic E-state index is 11.5. The van der Waals surface area contributed by atoms with E-state index in [4.69, 9.17) is 9.16 Å². The lowest BCUT2D eigenvalue weighted by atomic mass is 10.1.